The van der Waals surface area contributed by atoms with Crippen molar-refractivity contribution in [1.29, 1.82) is 0 Å². The molecule has 0 spiro atoms. The molecule has 0 aromatic rings. The first-order valence-corrected chi connectivity index (χ1v) is 3.49. The predicted octanol–water partition coefficient (Wildman–Crippen LogP) is 0.490. The SMILES string of the molecule is CC#CC(O)C=C(C)C(=O)OC. The minimum Gasteiger partial charge on any atom is -0.466 e. The monoisotopic (exact) mass is 168 g/mol. The van der Waals surface area contributed by atoms with Crippen LogP contribution in [0.4, 0.5) is 0 Å². The number of esters is 1. The maximum atomic E-state index is 10.8. The molecule has 0 amide bonds. The van der Waals surface area contributed by atoms with E-state index in [0.717, 1.165) is 0 Å². The van der Waals surface area contributed by atoms with Crippen molar-refractivity contribution in [3.05, 3.63) is 11.6 Å². The molecule has 0 fully saturated rings. The highest BCUT2D eigenvalue weighted by Gasteiger charge is 2.04. The van der Waals surface area contributed by atoms with Gasteiger partial charge in [-0.3, -0.25) is 0 Å². The third-order valence-corrected chi connectivity index (χ3v) is 1.21. The highest BCUT2D eigenvalue weighted by molar-refractivity contribution is 5.87. The second-order valence-electron chi connectivity index (χ2n) is 2.18. The molecule has 0 aromatic carbocycles. The Kier molecular flexibility index (Phi) is 4.82. The van der Waals surface area contributed by atoms with E-state index in [1.807, 2.05) is 0 Å². The van der Waals surface area contributed by atoms with Crippen LogP contribution in [0.1, 0.15) is 13.8 Å². The summed E-state index contributed by atoms with van der Waals surface area (Å²) in [5.74, 6) is 4.56. The van der Waals surface area contributed by atoms with E-state index in [-0.39, 0.29) is 0 Å². The van der Waals surface area contributed by atoms with Crippen LogP contribution in [-0.4, -0.2) is 24.3 Å². The molecule has 0 saturated carbocycles. The van der Waals surface area contributed by atoms with Gasteiger partial charge in [-0.25, -0.2) is 4.79 Å². The summed E-state index contributed by atoms with van der Waals surface area (Å²) in [6.07, 6.45) is 0.455. The molecular weight excluding hydrogens is 156 g/mol. The Morgan fingerprint density at radius 2 is 2.25 bits per heavy atom. The fourth-order valence-corrected chi connectivity index (χ4v) is 0.655. The van der Waals surface area contributed by atoms with Crippen molar-refractivity contribution in [2.75, 3.05) is 7.11 Å². The number of aliphatic hydroxyl groups is 1. The highest BCUT2D eigenvalue weighted by Crippen LogP contribution is 1.97. The summed E-state index contributed by atoms with van der Waals surface area (Å²) < 4.78 is 4.42. The molecule has 0 aliphatic rings. The van der Waals surface area contributed by atoms with Gasteiger partial charge in [-0.05, 0) is 19.9 Å². The van der Waals surface area contributed by atoms with E-state index in [0.29, 0.717) is 5.57 Å². The van der Waals surface area contributed by atoms with Gasteiger partial charge in [0.1, 0.15) is 6.10 Å². The zero-order valence-corrected chi connectivity index (χ0v) is 7.42. The normalized spacial score (nSPS) is 12.8. The summed E-state index contributed by atoms with van der Waals surface area (Å²) in [4.78, 5) is 10.8. The molecule has 0 rings (SSSR count). The standard InChI is InChI=1S/C9H12O3/c1-4-5-8(10)6-7(2)9(11)12-3/h6,8,10H,1-3H3. The lowest BCUT2D eigenvalue weighted by Gasteiger charge is -1.99. The van der Waals surface area contributed by atoms with Crippen molar-refractivity contribution >= 4 is 5.97 Å². The number of rotatable bonds is 2. The molecule has 12 heavy (non-hydrogen) atoms. The summed E-state index contributed by atoms with van der Waals surface area (Å²) in [6.45, 7) is 3.18. The van der Waals surface area contributed by atoms with E-state index in [4.69, 9.17) is 5.11 Å². The Bertz CT molecular complexity index is 242. The maximum Gasteiger partial charge on any atom is 0.333 e. The second kappa shape index (κ2) is 5.39. The van der Waals surface area contributed by atoms with Gasteiger partial charge in [-0.2, -0.15) is 0 Å². The lowest BCUT2D eigenvalue weighted by atomic mass is 10.2. The smallest absolute Gasteiger partial charge is 0.333 e. The largest absolute Gasteiger partial charge is 0.466 e. The van der Waals surface area contributed by atoms with E-state index in [1.165, 1.54) is 13.2 Å². The molecule has 1 unspecified atom stereocenters. The van der Waals surface area contributed by atoms with Crippen LogP contribution in [0.2, 0.25) is 0 Å². The number of methoxy groups -OCH3 is 1. The van der Waals surface area contributed by atoms with Gasteiger partial charge in [0.25, 0.3) is 0 Å². The van der Waals surface area contributed by atoms with Gasteiger partial charge in [-0.1, -0.05) is 5.92 Å². The lowest BCUT2D eigenvalue weighted by molar-refractivity contribution is -0.136. The summed E-state index contributed by atoms with van der Waals surface area (Å²) in [6, 6.07) is 0. The summed E-state index contributed by atoms with van der Waals surface area (Å²) in [5.41, 5.74) is 0.354. The van der Waals surface area contributed by atoms with Crippen molar-refractivity contribution < 1.29 is 14.6 Å². The number of carbonyl (C=O) groups excluding carboxylic acids is 1. The van der Waals surface area contributed by atoms with Crippen LogP contribution in [0, 0.1) is 11.8 Å². The van der Waals surface area contributed by atoms with Crippen LogP contribution in [0.5, 0.6) is 0 Å². The van der Waals surface area contributed by atoms with Crippen LogP contribution in [0.3, 0.4) is 0 Å². The Morgan fingerprint density at radius 1 is 1.67 bits per heavy atom. The highest BCUT2D eigenvalue weighted by atomic mass is 16.5. The van der Waals surface area contributed by atoms with E-state index < -0.39 is 12.1 Å². The van der Waals surface area contributed by atoms with Crippen LogP contribution in [-0.2, 0) is 9.53 Å². The first-order valence-electron chi connectivity index (χ1n) is 3.49. The fourth-order valence-electron chi connectivity index (χ4n) is 0.655. The summed E-state index contributed by atoms with van der Waals surface area (Å²) in [5, 5.41) is 9.11. The quantitative estimate of drug-likeness (QED) is 0.371. The maximum absolute atomic E-state index is 10.8. The van der Waals surface area contributed by atoms with Gasteiger partial charge >= 0.3 is 5.97 Å². The predicted molar refractivity (Wildman–Crippen MR) is 45.2 cm³/mol. The first kappa shape index (κ1) is 10.7. The van der Waals surface area contributed by atoms with Crippen molar-refractivity contribution in [2.45, 2.75) is 20.0 Å². The Hall–Kier alpha value is -1.27. The minimum absolute atomic E-state index is 0.354. The van der Waals surface area contributed by atoms with Crippen LogP contribution in [0.25, 0.3) is 0 Å². The third kappa shape index (κ3) is 3.79. The van der Waals surface area contributed by atoms with Gasteiger partial charge < -0.3 is 9.84 Å². The average molecular weight is 168 g/mol. The van der Waals surface area contributed by atoms with Crippen molar-refractivity contribution in [2.24, 2.45) is 0 Å². The molecule has 0 aliphatic carbocycles. The topological polar surface area (TPSA) is 46.5 Å². The Labute approximate surface area is 72.0 Å². The summed E-state index contributed by atoms with van der Waals surface area (Å²) in [7, 11) is 1.29. The van der Waals surface area contributed by atoms with E-state index in [9.17, 15) is 4.79 Å². The van der Waals surface area contributed by atoms with Crippen LogP contribution in [0.15, 0.2) is 11.6 Å². The van der Waals surface area contributed by atoms with Crippen molar-refractivity contribution in [1.82, 2.24) is 0 Å². The minimum atomic E-state index is -0.894. The lowest BCUT2D eigenvalue weighted by Crippen LogP contribution is -2.06. The molecule has 0 heterocycles. The Balaban J connectivity index is 4.31. The number of hydrogen-bond acceptors (Lipinski definition) is 3. The van der Waals surface area contributed by atoms with E-state index >= 15 is 0 Å². The molecule has 0 aliphatic heterocycles. The van der Waals surface area contributed by atoms with Crippen LogP contribution >= 0.6 is 0 Å². The zero-order valence-electron chi connectivity index (χ0n) is 7.42. The van der Waals surface area contributed by atoms with Gasteiger partial charge in [0.15, 0.2) is 0 Å². The molecule has 3 heteroatoms. The molecule has 66 valence electrons. The van der Waals surface area contributed by atoms with E-state index in [1.54, 1.807) is 13.8 Å². The van der Waals surface area contributed by atoms with Gasteiger partial charge in [0, 0.05) is 5.57 Å². The zero-order chi connectivity index (χ0) is 9.56. The molecular formula is C9H12O3. The Morgan fingerprint density at radius 3 is 2.67 bits per heavy atom. The van der Waals surface area contributed by atoms with Gasteiger partial charge in [0.2, 0.25) is 0 Å². The molecule has 1 atom stereocenters. The first-order chi connectivity index (χ1) is 5.61. The fraction of sp³-hybridized carbons (Fsp3) is 0.444. The molecule has 0 aromatic heterocycles. The average Bonchev–Trinajstić information content (AvgIpc) is 2.03. The summed E-state index contributed by atoms with van der Waals surface area (Å²) >= 11 is 0. The molecule has 1 N–H and O–H groups in total. The number of hydrogen-bond donors (Lipinski definition) is 1. The number of carbonyl (C=O) groups is 1. The molecule has 3 nitrogen and oxygen atoms in total. The number of aliphatic hydroxyl groups excluding tert-OH is 1. The van der Waals surface area contributed by atoms with E-state index in [2.05, 4.69) is 16.6 Å². The molecule has 0 bridgehead atoms. The van der Waals surface area contributed by atoms with Gasteiger partial charge in [-0.15, -0.1) is 5.92 Å². The van der Waals surface area contributed by atoms with Crippen LogP contribution < -0.4 is 0 Å². The number of ether oxygens (including phenoxy) is 1. The third-order valence-electron chi connectivity index (χ3n) is 1.21. The molecule has 0 saturated heterocycles. The second-order valence-corrected chi connectivity index (χ2v) is 2.18. The van der Waals surface area contributed by atoms with Crippen molar-refractivity contribution in [3.63, 3.8) is 0 Å². The van der Waals surface area contributed by atoms with Gasteiger partial charge in [0.05, 0.1) is 7.11 Å². The molecule has 0 radical (unpaired) electrons. The van der Waals surface area contributed by atoms with Crippen molar-refractivity contribution in [3.8, 4) is 11.8 Å².